The average molecular weight is 182 g/mol. The Morgan fingerprint density at radius 1 is 1.69 bits per heavy atom. The number of oxazole rings is 1. The molecule has 1 aliphatic heterocycles. The normalized spacial score (nSPS) is 22.4. The molecular weight excluding hydrogens is 168 g/mol. The second-order valence-corrected chi connectivity index (χ2v) is 3.33. The number of hydrogen-bond acceptors (Lipinski definition) is 4. The van der Waals surface area contributed by atoms with Gasteiger partial charge in [-0.2, -0.15) is 0 Å². The summed E-state index contributed by atoms with van der Waals surface area (Å²) in [5, 5.41) is 12.0. The lowest BCUT2D eigenvalue weighted by Crippen LogP contribution is -2.07. The maximum Gasteiger partial charge on any atom is 0.198 e. The van der Waals surface area contributed by atoms with Gasteiger partial charge in [-0.15, -0.1) is 0 Å². The zero-order valence-corrected chi connectivity index (χ0v) is 7.49. The Kier molecular flexibility index (Phi) is 2.61. The predicted molar refractivity (Wildman–Crippen MR) is 47.5 cm³/mol. The zero-order valence-electron chi connectivity index (χ0n) is 7.49. The summed E-state index contributed by atoms with van der Waals surface area (Å²) in [6.45, 7) is 2.12. The molecule has 4 nitrogen and oxygen atoms in total. The van der Waals surface area contributed by atoms with E-state index < -0.39 is 0 Å². The van der Waals surface area contributed by atoms with Gasteiger partial charge in [0.25, 0.3) is 0 Å². The average Bonchev–Trinajstić information content (AvgIpc) is 2.70. The zero-order chi connectivity index (χ0) is 9.10. The third-order valence-electron chi connectivity index (χ3n) is 2.34. The highest BCUT2D eigenvalue weighted by atomic mass is 16.4. The van der Waals surface area contributed by atoms with Crippen molar-refractivity contribution < 1.29 is 9.52 Å². The summed E-state index contributed by atoms with van der Waals surface area (Å²) >= 11 is 0. The number of aliphatic hydroxyl groups excluding tert-OH is 1. The molecule has 4 heteroatoms. The molecule has 0 spiro atoms. The SMILES string of the molecule is OCCc1cnc(C2CCNC2)o1. The molecule has 2 heterocycles. The van der Waals surface area contributed by atoms with Crippen LogP contribution in [0.3, 0.4) is 0 Å². The molecule has 0 aromatic carbocycles. The van der Waals surface area contributed by atoms with E-state index in [1.807, 2.05) is 0 Å². The van der Waals surface area contributed by atoms with E-state index in [9.17, 15) is 0 Å². The van der Waals surface area contributed by atoms with Crippen molar-refractivity contribution in [2.45, 2.75) is 18.8 Å². The minimum Gasteiger partial charge on any atom is -0.445 e. The highest BCUT2D eigenvalue weighted by molar-refractivity contribution is 5.01. The smallest absolute Gasteiger partial charge is 0.198 e. The molecule has 1 atom stereocenters. The molecule has 1 aliphatic rings. The van der Waals surface area contributed by atoms with Gasteiger partial charge in [0.05, 0.1) is 12.8 Å². The third-order valence-corrected chi connectivity index (χ3v) is 2.34. The molecule has 0 amide bonds. The molecule has 1 aromatic rings. The quantitative estimate of drug-likeness (QED) is 0.705. The molecule has 1 unspecified atom stereocenters. The van der Waals surface area contributed by atoms with Crippen LogP contribution in [0, 0.1) is 0 Å². The highest BCUT2D eigenvalue weighted by Gasteiger charge is 2.21. The minimum atomic E-state index is 0.123. The number of nitrogens with zero attached hydrogens (tertiary/aromatic N) is 1. The van der Waals surface area contributed by atoms with Crippen LogP contribution in [0.15, 0.2) is 10.6 Å². The molecule has 1 fully saturated rings. The van der Waals surface area contributed by atoms with Crippen molar-refractivity contribution in [1.29, 1.82) is 0 Å². The van der Waals surface area contributed by atoms with Crippen molar-refractivity contribution in [2.75, 3.05) is 19.7 Å². The van der Waals surface area contributed by atoms with Crippen LogP contribution in [-0.2, 0) is 6.42 Å². The van der Waals surface area contributed by atoms with E-state index >= 15 is 0 Å². The number of aromatic nitrogens is 1. The molecule has 2 rings (SSSR count). The van der Waals surface area contributed by atoms with Gasteiger partial charge >= 0.3 is 0 Å². The van der Waals surface area contributed by atoms with Gasteiger partial charge < -0.3 is 14.8 Å². The van der Waals surface area contributed by atoms with E-state index in [4.69, 9.17) is 9.52 Å². The van der Waals surface area contributed by atoms with Crippen molar-refractivity contribution in [1.82, 2.24) is 10.3 Å². The van der Waals surface area contributed by atoms with Gasteiger partial charge in [0, 0.05) is 18.9 Å². The first-order chi connectivity index (χ1) is 6.40. The standard InChI is InChI=1S/C9H14N2O2/c12-4-2-8-6-11-9(13-8)7-1-3-10-5-7/h6-7,10,12H,1-5H2. The van der Waals surface area contributed by atoms with Gasteiger partial charge in [0.15, 0.2) is 5.89 Å². The van der Waals surface area contributed by atoms with Gasteiger partial charge in [-0.1, -0.05) is 0 Å². The first kappa shape index (κ1) is 8.72. The largest absolute Gasteiger partial charge is 0.445 e. The fourth-order valence-corrected chi connectivity index (χ4v) is 1.60. The maximum atomic E-state index is 8.69. The number of aliphatic hydroxyl groups is 1. The van der Waals surface area contributed by atoms with E-state index in [2.05, 4.69) is 10.3 Å². The second kappa shape index (κ2) is 3.89. The topological polar surface area (TPSA) is 58.3 Å². The minimum absolute atomic E-state index is 0.123. The van der Waals surface area contributed by atoms with Crippen LogP contribution >= 0.6 is 0 Å². The van der Waals surface area contributed by atoms with Crippen molar-refractivity contribution in [2.24, 2.45) is 0 Å². The Bertz CT molecular complexity index is 266. The van der Waals surface area contributed by atoms with E-state index in [-0.39, 0.29) is 6.61 Å². The molecule has 0 aliphatic carbocycles. The monoisotopic (exact) mass is 182 g/mol. The lowest BCUT2D eigenvalue weighted by Gasteiger charge is -2.00. The van der Waals surface area contributed by atoms with Crippen molar-refractivity contribution in [3.05, 3.63) is 17.8 Å². The van der Waals surface area contributed by atoms with Crippen LogP contribution in [0.1, 0.15) is 24.0 Å². The lowest BCUT2D eigenvalue weighted by molar-refractivity contribution is 0.284. The Labute approximate surface area is 77.0 Å². The Balaban J connectivity index is 2.03. The molecule has 0 saturated carbocycles. The Hall–Kier alpha value is -0.870. The van der Waals surface area contributed by atoms with E-state index in [0.717, 1.165) is 31.2 Å². The summed E-state index contributed by atoms with van der Waals surface area (Å²) < 4.78 is 5.50. The molecule has 2 N–H and O–H groups in total. The van der Waals surface area contributed by atoms with E-state index in [0.29, 0.717) is 12.3 Å². The first-order valence-corrected chi connectivity index (χ1v) is 4.66. The highest BCUT2D eigenvalue weighted by Crippen LogP contribution is 2.21. The number of nitrogens with one attached hydrogen (secondary N) is 1. The summed E-state index contributed by atoms with van der Waals surface area (Å²) in [5.41, 5.74) is 0. The van der Waals surface area contributed by atoms with Crippen LogP contribution in [-0.4, -0.2) is 29.8 Å². The molecular formula is C9H14N2O2. The molecule has 1 aromatic heterocycles. The van der Waals surface area contributed by atoms with E-state index in [1.54, 1.807) is 6.20 Å². The molecule has 13 heavy (non-hydrogen) atoms. The van der Waals surface area contributed by atoms with Crippen molar-refractivity contribution in [3.8, 4) is 0 Å². The van der Waals surface area contributed by atoms with Gasteiger partial charge in [-0.05, 0) is 13.0 Å². The maximum absolute atomic E-state index is 8.69. The van der Waals surface area contributed by atoms with Crippen LogP contribution in [0.4, 0.5) is 0 Å². The van der Waals surface area contributed by atoms with Crippen LogP contribution in [0.25, 0.3) is 0 Å². The van der Waals surface area contributed by atoms with Gasteiger partial charge in [-0.25, -0.2) is 4.98 Å². The van der Waals surface area contributed by atoms with Crippen molar-refractivity contribution in [3.63, 3.8) is 0 Å². The number of hydrogen-bond donors (Lipinski definition) is 2. The summed E-state index contributed by atoms with van der Waals surface area (Å²) in [6.07, 6.45) is 3.37. The fourth-order valence-electron chi connectivity index (χ4n) is 1.60. The summed E-state index contributed by atoms with van der Waals surface area (Å²) in [5.74, 6) is 2.02. The van der Waals surface area contributed by atoms with Gasteiger partial charge in [0.2, 0.25) is 0 Å². The molecule has 0 bridgehead atoms. The van der Waals surface area contributed by atoms with E-state index in [1.165, 1.54) is 0 Å². The lowest BCUT2D eigenvalue weighted by atomic mass is 10.1. The Morgan fingerprint density at radius 3 is 3.31 bits per heavy atom. The van der Waals surface area contributed by atoms with Crippen molar-refractivity contribution >= 4 is 0 Å². The molecule has 72 valence electrons. The summed E-state index contributed by atoms with van der Waals surface area (Å²) in [6, 6.07) is 0. The summed E-state index contributed by atoms with van der Waals surface area (Å²) in [4.78, 5) is 4.20. The van der Waals surface area contributed by atoms with Gasteiger partial charge in [-0.3, -0.25) is 0 Å². The number of rotatable bonds is 3. The Morgan fingerprint density at radius 2 is 2.62 bits per heavy atom. The van der Waals surface area contributed by atoms with Gasteiger partial charge in [0.1, 0.15) is 5.76 Å². The first-order valence-electron chi connectivity index (χ1n) is 4.66. The second-order valence-electron chi connectivity index (χ2n) is 3.33. The van der Waals surface area contributed by atoms with Crippen LogP contribution < -0.4 is 5.32 Å². The van der Waals surface area contributed by atoms with Crippen LogP contribution in [0.2, 0.25) is 0 Å². The fraction of sp³-hybridized carbons (Fsp3) is 0.667. The van der Waals surface area contributed by atoms with Crippen LogP contribution in [0.5, 0.6) is 0 Å². The molecule has 0 radical (unpaired) electrons. The predicted octanol–water partition coefficient (Wildman–Crippen LogP) is 0.286. The summed E-state index contributed by atoms with van der Waals surface area (Å²) in [7, 11) is 0. The third kappa shape index (κ3) is 1.89. The molecule has 1 saturated heterocycles.